The van der Waals surface area contributed by atoms with Gasteiger partial charge in [0.15, 0.2) is 0 Å². The fourth-order valence-electron chi connectivity index (χ4n) is 2.22. The molecule has 0 spiro atoms. The van der Waals surface area contributed by atoms with Gasteiger partial charge in [-0.15, -0.1) is 0 Å². The lowest BCUT2D eigenvalue weighted by Gasteiger charge is -2.08. The van der Waals surface area contributed by atoms with E-state index in [1.54, 1.807) is 0 Å². The van der Waals surface area contributed by atoms with Crippen molar-refractivity contribution < 1.29 is 4.42 Å². The van der Waals surface area contributed by atoms with E-state index in [1.165, 1.54) is 11.1 Å². The molecule has 1 N–H and O–H groups in total. The van der Waals surface area contributed by atoms with Crippen LogP contribution in [0.2, 0.25) is 0 Å². The highest BCUT2D eigenvalue weighted by Crippen LogP contribution is 2.35. The number of hydrogen-bond acceptors (Lipinski definition) is 2. The van der Waals surface area contributed by atoms with Gasteiger partial charge in [0, 0.05) is 24.1 Å². The van der Waals surface area contributed by atoms with E-state index in [4.69, 9.17) is 9.83 Å². The third-order valence-corrected chi connectivity index (χ3v) is 3.37. The maximum atomic E-state index is 7.99. The smallest absolute Gasteiger partial charge is 0.120 e. The van der Waals surface area contributed by atoms with E-state index in [9.17, 15) is 0 Å². The molecule has 0 radical (unpaired) electrons. The zero-order valence-corrected chi connectivity index (χ0v) is 10.3. The Bertz CT molecular complexity index is 440. The molecule has 16 heavy (non-hydrogen) atoms. The first-order valence-electron chi connectivity index (χ1n) is 6.06. The van der Waals surface area contributed by atoms with E-state index in [1.807, 2.05) is 0 Å². The first kappa shape index (κ1) is 11.2. The fourth-order valence-corrected chi connectivity index (χ4v) is 2.22. The topological polar surface area (TPSA) is 37.0 Å². The summed E-state index contributed by atoms with van der Waals surface area (Å²) in [5.41, 5.74) is 3.31. The second-order valence-electron chi connectivity index (χ2n) is 4.38. The van der Waals surface area contributed by atoms with Crippen LogP contribution in [0.15, 0.2) is 16.6 Å². The third kappa shape index (κ3) is 1.73. The molecule has 2 nitrogen and oxygen atoms in total. The second-order valence-corrected chi connectivity index (χ2v) is 4.38. The molecule has 1 aliphatic carbocycles. The maximum absolute atomic E-state index is 7.99. The van der Waals surface area contributed by atoms with Gasteiger partial charge >= 0.3 is 0 Å². The van der Waals surface area contributed by atoms with Gasteiger partial charge in [0.25, 0.3) is 0 Å². The van der Waals surface area contributed by atoms with Crippen molar-refractivity contribution in [1.29, 1.82) is 5.41 Å². The van der Waals surface area contributed by atoms with Crippen LogP contribution >= 0.6 is 0 Å². The van der Waals surface area contributed by atoms with E-state index in [0.29, 0.717) is 0 Å². The van der Waals surface area contributed by atoms with Gasteiger partial charge in [-0.2, -0.15) is 0 Å². The van der Waals surface area contributed by atoms with E-state index >= 15 is 0 Å². The van der Waals surface area contributed by atoms with Gasteiger partial charge < -0.3 is 9.83 Å². The molecule has 1 atom stereocenters. The molecule has 0 amide bonds. The van der Waals surface area contributed by atoms with Crippen LogP contribution in [0, 0.1) is 5.41 Å². The summed E-state index contributed by atoms with van der Waals surface area (Å²) in [7, 11) is 0. The van der Waals surface area contributed by atoms with Crippen molar-refractivity contribution in [1.82, 2.24) is 0 Å². The highest BCUT2D eigenvalue weighted by atomic mass is 16.3. The Morgan fingerprint density at radius 2 is 2.12 bits per heavy atom. The van der Waals surface area contributed by atoms with Crippen LogP contribution in [-0.4, -0.2) is 5.71 Å². The summed E-state index contributed by atoms with van der Waals surface area (Å²) in [6, 6.07) is 2.15. The van der Waals surface area contributed by atoms with E-state index in [-0.39, 0.29) is 5.92 Å². The monoisotopic (exact) mass is 217 g/mol. The Morgan fingerprint density at radius 3 is 2.75 bits per heavy atom. The predicted octanol–water partition coefficient (Wildman–Crippen LogP) is 4.16. The van der Waals surface area contributed by atoms with Gasteiger partial charge in [-0.25, -0.2) is 0 Å². The summed E-state index contributed by atoms with van der Waals surface area (Å²) >= 11 is 0. The number of nitrogens with one attached hydrogen (secondary N) is 1. The SMILES string of the molecule is CCC1=CCC(=N)C(C)c2oc(CC)cc21. The van der Waals surface area contributed by atoms with Crippen molar-refractivity contribution in [3.05, 3.63) is 29.2 Å². The zero-order valence-electron chi connectivity index (χ0n) is 10.3. The molecule has 86 valence electrons. The number of furan rings is 1. The normalized spacial score (nSPS) is 20.3. The largest absolute Gasteiger partial charge is 0.465 e. The summed E-state index contributed by atoms with van der Waals surface area (Å²) in [5.74, 6) is 2.15. The third-order valence-electron chi connectivity index (χ3n) is 3.37. The zero-order chi connectivity index (χ0) is 11.7. The molecule has 0 bridgehead atoms. The Kier molecular flexibility index (Phi) is 2.99. The van der Waals surface area contributed by atoms with Crippen molar-refractivity contribution in [3.8, 4) is 0 Å². The molecule has 1 aliphatic rings. The Hall–Kier alpha value is -1.31. The second kappa shape index (κ2) is 4.28. The lowest BCUT2D eigenvalue weighted by Crippen LogP contribution is -2.05. The molecule has 1 heterocycles. The maximum Gasteiger partial charge on any atom is 0.120 e. The van der Waals surface area contributed by atoms with Crippen LogP contribution in [-0.2, 0) is 6.42 Å². The molecule has 1 aromatic heterocycles. The molecule has 2 rings (SSSR count). The average molecular weight is 217 g/mol. The van der Waals surface area contributed by atoms with Crippen LogP contribution in [0.25, 0.3) is 5.57 Å². The van der Waals surface area contributed by atoms with Crippen LogP contribution in [0.3, 0.4) is 0 Å². The van der Waals surface area contributed by atoms with Gasteiger partial charge in [0.1, 0.15) is 11.5 Å². The van der Waals surface area contributed by atoms with Crippen LogP contribution in [0.1, 0.15) is 56.6 Å². The number of fused-ring (bicyclic) bond motifs is 1. The molecule has 2 heteroatoms. The molecule has 0 fully saturated rings. The lowest BCUT2D eigenvalue weighted by atomic mass is 9.98. The highest BCUT2D eigenvalue weighted by molar-refractivity contribution is 5.93. The minimum Gasteiger partial charge on any atom is -0.465 e. The van der Waals surface area contributed by atoms with Crippen LogP contribution in [0.4, 0.5) is 0 Å². The quantitative estimate of drug-likeness (QED) is 0.793. The van der Waals surface area contributed by atoms with Crippen LogP contribution in [0.5, 0.6) is 0 Å². The van der Waals surface area contributed by atoms with Gasteiger partial charge in [0.05, 0.1) is 5.92 Å². The summed E-state index contributed by atoms with van der Waals surface area (Å²) < 4.78 is 5.87. The predicted molar refractivity (Wildman–Crippen MR) is 67.1 cm³/mol. The van der Waals surface area contributed by atoms with E-state index in [2.05, 4.69) is 32.9 Å². The molecular weight excluding hydrogens is 198 g/mol. The Labute approximate surface area is 96.9 Å². The molecule has 0 aromatic carbocycles. The minimum atomic E-state index is 0.121. The molecule has 1 aromatic rings. The minimum absolute atomic E-state index is 0.121. The summed E-state index contributed by atoms with van der Waals surface area (Å²) in [4.78, 5) is 0. The van der Waals surface area contributed by atoms with Crippen LogP contribution < -0.4 is 0 Å². The molecule has 0 aliphatic heterocycles. The van der Waals surface area contributed by atoms with E-state index < -0.39 is 0 Å². The van der Waals surface area contributed by atoms with Crippen molar-refractivity contribution in [2.75, 3.05) is 0 Å². The standard InChI is InChI=1S/C14H19NO/c1-4-10-6-7-13(15)9(3)14-12(10)8-11(5-2)16-14/h6,8-9,15H,4-5,7H2,1-3H3. The summed E-state index contributed by atoms with van der Waals surface area (Å²) in [5, 5.41) is 7.99. The van der Waals surface area contributed by atoms with E-state index in [0.717, 1.165) is 36.5 Å². The van der Waals surface area contributed by atoms with Gasteiger partial charge in [0.2, 0.25) is 0 Å². The number of allylic oxidation sites excluding steroid dienone is 2. The Morgan fingerprint density at radius 1 is 1.38 bits per heavy atom. The van der Waals surface area contributed by atoms with Crippen molar-refractivity contribution in [3.63, 3.8) is 0 Å². The lowest BCUT2D eigenvalue weighted by molar-refractivity contribution is 0.465. The fraction of sp³-hybridized carbons (Fsp3) is 0.500. The Balaban J connectivity index is 2.55. The number of aryl methyl sites for hydroxylation is 1. The average Bonchev–Trinajstić information content (AvgIpc) is 2.68. The first-order valence-corrected chi connectivity index (χ1v) is 6.06. The number of rotatable bonds is 2. The van der Waals surface area contributed by atoms with Gasteiger partial charge in [-0.05, 0) is 18.1 Å². The van der Waals surface area contributed by atoms with Gasteiger partial charge in [-0.1, -0.05) is 26.8 Å². The summed E-state index contributed by atoms with van der Waals surface area (Å²) in [6.07, 6.45) is 4.87. The first-order chi connectivity index (χ1) is 7.67. The number of hydrogen-bond donors (Lipinski definition) is 1. The molecule has 0 saturated heterocycles. The molecule has 1 unspecified atom stereocenters. The highest BCUT2D eigenvalue weighted by Gasteiger charge is 2.24. The van der Waals surface area contributed by atoms with Crippen molar-refractivity contribution >= 4 is 11.3 Å². The summed E-state index contributed by atoms with van der Waals surface area (Å²) in [6.45, 7) is 6.33. The van der Waals surface area contributed by atoms with Crippen molar-refractivity contribution in [2.24, 2.45) is 0 Å². The van der Waals surface area contributed by atoms with Crippen molar-refractivity contribution in [2.45, 2.75) is 46.0 Å². The molecular formula is C14H19NO. The molecule has 0 saturated carbocycles. The van der Waals surface area contributed by atoms with Gasteiger partial charge in [-0.3, -0.25) is 0 Å².